The molecule has 6 nitrogen and oxygen atoms in total. The number of hydrogen-bond acceptors (Lipinski definition) is 4. The molecule has 116 valence electrons. The summed E-state index contributed by atoms with van der Waals surface area (Å²) in [5.41, 5.74) is 1.71. The van der Waals surface area contributed by atoms with Gasteiger partial charge in [0.15, 0.2) is 0 Å². The van der Waals surface area contributed by atoms with Crippen molar-refractivity contribution < 1.29 is 4.79 Å². The van der Waals surface area contributed by atoms with E-state index in [4.69, 9.17) is 0 Å². The first kappa shape index (κ1) is 14.7. The molecule has 0 atom stereocenters. The van der Waals surface area contributed by atoms with Gasteiger partial charge in [0.1, 0.15) is 5.82 Å². The summed E-state index contributed by atoms with van der Waals surface area (Å²) in [6, 6.07) is 0.672. The standard InChI is InChI=1S/C16H21N5O/c1-11-7-19-21(10-11)15-5-3-14(4-6-15)20-16(22)13-8-17-12(2)18-9-13/h7-10,14-15H,3-6H2,1-2H3,(H,20,22). The molecule has 0 spiro atoms. The quantitative estimate of drug-likeness (QED) is 0.943. The summed E-state index contributed by atoms with van der Waals surface area (Å²) < 4.78 is 2.06. The third-order valence-electron chi connectivity index (χ3n) is 4.18. The summed E-state index contributed by atoms with van der Waals surface area (Å²) in [6.45, 7) is 3.86. The van der Waals surface area contributed by atoms with Gasteiger partial charge in [-0.3, -0.25) is 9.48 Å². The smallest absolute Gasteiger partial charge is 0.254 e. The van der Waals surface area contributed by atoms with Crippen molar-refractivity contribution in [3.05, 3.63) is 41.7 Å². The minimum Gasteiger partial charge on any atom is -0.349 e. The maximum atomic E-state index is 12.2. The van der Waals surface area contributed by atoms with Gasteiger partial charge in [-0.1, -0.05) is 0 Å². The zero-order valence-corrected chi connectivity index (χ0v) is 13.0. The molecule has 2 heterocycles. The van der Waals surface area contributed by atoms with Crippen molar-refractivity contribution in [1.29, 1.82) is 0 Å². The molecule has 6 heteroatoms. The van der Waals surface area contributed by atoms with Crippen LogP contribution in [-0.4, -0.2) is 31.7 Å². The molecular formula is C16H21N5O. The molecule has 0 unspecified atom stereocenters. The van der Waals surface area contributed by atoms with Gasteiger partial charge >= 0.3 is 0 Å². The van der Waals surface area contributed by atoms with Crippen molar-refractivity contribution in [3.63, 3.8) is 0 Å². The number of amides is 1. The van der Waals surface area contributed by atoms with Gasteiger partial charge in [0.25, 0.3) is 5.91 Å². The highest BCUT2D eigenvalue weighted by molar-refractivity contribution is 5.93. The van der Waals surface area contributed by atoms with Crippen LogP contribution in [0.3, 0.4) is 0 Å². The van der Waals surface area contributed by atoms with Gasteiger partial charge in [0, 0.05) is 24.6 Å². The molecule has 1 fully saturated rings. The molecule has 1 aliphatic carbocycles. The van der Waals surface area contributed by atoms with Crippen molar-refractivity contribution in [2.24, 2.45) is 0 Å². The van der Waals surface area contributed by atoms with Crippen LogP contribution in [0, 0.1) is 13.8 Å². The second-order valence-corrected chi connectivity index (χ2v) is 6.00. The van der Waals surface area contributed by atoms with E-state index < -0.39 is 0 Å². The third-order valence-corrected chi connectivity index (χ3v) is 4.18. The second-order valence-electron chi connectivity index (χ2n) is 6.00. The van der Waals surface area contributed by atoms with E-state index in [1.54, 1.807) is 19.3 Å². The monoisotopic (exact) mass is 299 g/mol. The first-order chi connectivity index (χ1) is 10.6. The largest absolute Gasteiger partial charge is 0.349 e. The molecule has 1 saturated carbocycles. The minimum atomic E-state index is -0.0848. The third kappa shape index (κ3) is 3.32. The molecule has 2 aromatic heterocycles. The molecule has 0 saturated heterocycles. The van der Waals surface area contributed by atoms with Crippen LogP contribution in [0.25, 0.3) is 0 Å². The number of hydrogen-bond donors (Lipinski definition) is 1. The van der Waals surface area contributed by atoms with Crippen molar-refractivity contribution in [2.45, 2.75) is 51.6 Å². The lowest BCUT2D eigenvalue weighted by Gasteiger charge is -2.29. The summed E-state index contributed by atoms with van der Waals surface area (Å²) in [5.74, 6) is 0.588. The maximum Gasteiger partial charge on any atom is 0.254 e. The Hall–Kier alpha value is -2.24. The fourth-order valence-corrected chi connectivity index (χ4v) is 2.90. The van der Waals surface area contributed by atoms with Crippen LogP contribution in [0.4, 0.5) is 0 Å². The Labute approximate surface area is 130 Å². The SMILES string of the molecule is Cc1cnn(C2CCC(NC(=O)c3cnc(C)nc3)CC2)c1. The average Bonchev–Trinajstić information content (AvgIpc) is 2.95. The zero-order chi connectivity index (χ0) is 15.5. The molecule has 3 rings (SSSR count). The number of nitrogens with one attached hydrogen (secondary N) is 1. The molecule has 1 N–H and O–H groups in total. The maximum absolute atomic E-state index is 12.2. The van der Waals surface area contributed by atoms with Crippen LogP contribution in [0.5, 0.6) is 0 Å². The lowest BCUT2D eigenvalue weighted by atomic mass is 9.91. The molecule has 1 amide bonds. The summed E-state index contributed by atoms with van der Waals surface area (Å²) in [7, 11) is 0. The van der Waals surface area contributed by atoms with Gasteiger partial charge in [-0.05, 0) is 45.1 Å². The number of rotatable bonds is 3. The van der Waals surface area contributed by atoms with Gasteiger partial charge in [-0.2, -0.15) is 5.10 Å². The molecule has 1 aliphatic rings. The Balaban J connectivity index is 1.53. The Morgan fingerprint density at radius 2 is 1.82 bits per heavy atom. The highest BCUT2D eigenvalue weighted by Crippen LogP contribution is 2.28. The van der Waals surface area contributed by atoms with E-state index in [-0.39, 0.29) is 11.9 Å². The van der Waals surface area contributed by atoms with E-state index in [1.807, 2.05) is 6.20 Å². The van der Waals surface area contributed by atoms with Gasteiger partial charge in [0.05, 0.1) is 17.8 Å². The first-order valence-electron chi connectivity index (χ1n) is 7.72. The molecule has 0 bridgehead atoms. The van der Waals surface area contributed by atoms with Crippen LogP contribution < -0.4 is 5.32 Å². The Morgan fingerprint density at radius 1 is 1.14 bits per heavy atom. The van der Waals surface area contributed by atoms with Crippen LogP contribution in [-0.2, 0) is 0 Å². The molecule has 2 aromatic rings. The number of carbonyl (C=O) groups excluding carboxylic acids is 1. The topological polar surface area (TPSA) is 72.7 Å². The number of carbonyl (C=O) groups is 1. The Kier molecular flexibility index (Phi) is 4.18. The molecule has 0 aliphatic heterocycles. The van der Waals surface area contributed by atoms with Crippen molar-refractivity contribution in [2.75, 3.05) is 0 Å². The van der Waals surface area contributed by atoms with Crippen molar-refractivity contribution in [1.82, 2.24) is 25.1 Å². The van der Waals surface area contributed by atoms with Gasteiger partial charge in [0.2, 0.25) is 0 Å². The zero-order valence-electron chi connectivity index (χ0n) is 13.0. The van der Waals surface area contributed by atoms with E-state index in [0.29, 0.717) is 17.4 Å². The Morgan fingerprint density at radius 3 is 2.41 bits per heavy atom. The molecular weight excluding hydrogens is 278 g/mol. The van der Waals surface area contributed by atoms with Crippen LogP contribution in [0.1, 0.15) is 53.5 Å². The van der Waals surface area contributed by atoms with Gasteiger partial charge in [-0.15, -0.1) is 0 Å². The van der Waals surface area contributed by atoms with Crippen molar-refractivity contribution >= 4 is 5.91 Å². The summed E-state index contributed by atoms with van der Waals surface area (Å²) in [4.78, 5) is 20.3. The Bertz CT molecular complexity index is 641. The normalized spacial score (nSPS) is 21.5. The summed E-state index contributed by atoms with van der Waals surface area (Å²) in [5, 5.41) is 7.48. The number of nitrogens with zero attached hydrogens (tertiary/aromatic N) is 4. The van der Waals surface area contributed by atoms with Crippen LogP contribution in [0.15, 0.2) is 24.8 Å². The number of aromatic nitrogens is 4. The van der Waals surface area contributed by atoms with Gasteiger partial charge in [-0.25, -0.2) is 9.97 Å². The first-order valence-corrected chi connectivity index (χ1v) is 7.72. The van der Waals surface area contributed by atoms with Crippen LogP contribution >= 0.6 is 0 Å². The lowest BCUT2D eigenvalue weighted by Crippen LogP contribution is -2.38. The van der Waals surface area contributed by atoms with E-state index in [9.17, 15) is 4.79 Å². The fraction of sp³-hybridized carbons (Fsp3) is 0.500. The van der Waals surface area contributed by atoms with Crippen LogP contribution in [0.2, 0.25) is 0 Å². The van der Waals surface area contributed by atoms with Gasteiger partial charge < -0.3 is 5.32 Å². The molecule has 22 heavy (non-hydrogen) atoms. The predicted molar refractivity (Wildman–Crippen MR) is 82.5 cm³/mol. The summed E-state index contributed by atoms with van der Waals surface area (Å²) in [6.07, 6.45) is 11.2. The van der Waals surface area contributed by atoms with E-state index in [2.05, 4.69) is 38.2 Å². The lowest BCUT2D eigenvalue weighted by molar-refractivity contribution is 0.0921. The predicted octanol–water partition coefficient (Wildman–Crippen LogP) is 2.20. The van der Waals surface area contributed by atoms with E-state index in [1.165, 1.54) is 5.56 Å². The minimum absolute atomic E-state index is 0.0848. The second kappa shape index (κ2) is 6.25. The van der Waals surface area contributed by atoms with E-state index in [0.717, 1.165) is 25.7 Å². The van der Waals surface area contributed by atoms with E-state index >= 15 is 0 Å². The summed E-state index contributed by atoms with van der Waals surface area (Å²) >= 11 is 0. The average molecular weight is 299 g/mol. The fourth-order valence-electron chi connectivity index (χ4n) is 2.90. The molecule has 0 radical (unpaired) electrons. The highest BCUT2D eigenvalue weighted by atomic mass is 16.1. The van der Waals surface area contributed by atoms with Crippen molar-refractivity contribution in [3.8, 4) is 0 Å². The highest BCUT2D eigenvalue weighted by Gasteiger charge is 2.24. The number of aryl methyl sites for hydroxylation is 2. The molecule has 0 aromatic carbocycles.